The molecular weight excluding hydrogens is 345 g/mol. The fraction of sp³-hybridized carbons (Fsp3) is 0.167. The molecule has 1 heterocycles. The Kier molecular flexibility index (Phi) is 5.09. The van der Waals surface area contributed by atoms with Crippen molar-refractivity contribution in [3.05, 3.63) is 64.8 Å². The standard InChI is InChI=1S/C18H15ClFN3O2/c1-11-10-13(19)4-7-15(11)21-16(24)8-9-17-22-18(23-25-17)12-2-5-14(20)6-3-12/h2-7,10H,8-9H2,1H3,(H,21,24). The first-order valence-electron chi connectivity index (χ1n) is 7.66. The van der Waals surface area contributed by atoms with Gasteiger partial charge in [-0.3, -0.25) is 4.79 Å². The van der Waals surface area contributed by atoms with Gasteiger partial charge in [0.25, 0.3) is 0 Å². The highest BCUT2D eigenvalue weighted by molar-refractivity contribution is 6.30. The molecule has 0 aliphatic heterocycles. The summed E-state index contributed by atoms with van der Waals surface area (Å²) in [4.78, 5) is 16.3. The fourth-order valence-corrected chi connectivity index (χ4v) is 2.50. The van der Waals surface area contributed by atoms with Gasteiger partial charge in [0, 0.05) is 29.1 Å². The quantitative estimate of drug-likeness (QED) is 0.732. The number of aromatic nitrogens is 2. The van der Waals surface area contributed by atoms with E-state index in [2.05, 4.69) is 15.5 Å². The highest BCUT2D eigenvalue weighted by Gasteiger charge is 2.11. The molecule has 0 spiro atoms. The van der Waals surface area contributed by atoms with Crippen molar-refractivity contribution in [2.45, 2.75) is 19.8 Å². The van der Waals surface area contributed by atoms with Crippen molar-refractivity contribution in [3.63, 3.8) is 0 Å². The number of nitrogens with one attached hydrogen (secondary N) is 1. The maximum absolute atomic E-state index is 12.9. The van der Waals surface area contributed by atoms with E-state index in [-0.39, 0.29) is 18.1 Å². The number of halogens is 2. The number of rotatable bonds is 5. The number of aryl methyl sites for hydroxylation is 2. The molecule has 0 radical (unpaired) electrons. The van der Waals surface area contributed by atoms with Crippen molar-refractivity contribution in [3.8, 4) is 11.4 Å². The maximum atomic E-state index is 12.9. The predicted octanol–water partition coefficient (Wildman–Crippen LogP) is 4.41. The number of benzene rings is 2. The van der Waals surface area contributed by atoms with E-state index in [9.17, 15) is 9.18 Å². The Bertz CT molecular complexity index is 894. The Balaban J connectivity index is 1.58. The third-order valence-electron chi connectivity index (χ3n) is 3.60. The van der Waals surface area contributed by atoms with Crippen LogP contribution in [-0.4, -0.2) is 16.0 Å². The molecule has 5 nitrogen and oxygen atoms in total. The van der Waals surface area contributed by atoms with E-state index in [4.69, 9.17) is 16.1 Å². The predicted molar refractivity (Wildman–Crippen MR) is 92.8 cm³/mol. The van der Waals surface area contributed by atoms with Crippen LogP contribution < -0.4 is 5.32 Å². The molecule has 0 fully saturated rings. The smallest absolute Gasteiger partial charge is 0.227 e. The van der Waals surface area contributed by atoms with E-state index in [0.717, 1.165) is 5.56 Å². The molecule has 3 aromatic rings. The summed E-state index contributed by atoms with van der Waals surface area (Å²) in [6.07, 6.45) is 0.514. The summed E-state index contributed by atoms with van der Waals surface area (Å²) in [5, 5.41) is 7.29. The molecule has 1 N–H and O–H groups in total. The van der Waals surface area contributed by atoms with Crippen LogP contribution in [0.2, 0.25) is 5.02 Å². The van der Waals surface area contributed by atoms with Crippen LogP contribution >= 0.6 is 11.6 Å². The summed E-state index contributed by atoms with van der Waals surface area (Å²) in [7, 11) is 0. The van der Waals surface area contributed by atoms with Gasteiger partial charge in [-0.2, -0.15) is 4.98 Å². The lowest BCUT2D eigenvalue weighted by Gasteiger charge is -2.07. The molecule has 3 rings (SSSR count). The second-order valence-electron chi connectivity index (χ2n) is 5.53. The first kappa shape index (κ1) is 17.1. The highest BCUT2D eigenvalue weighted by atomic mass is 35.5. The second-order valence-corrected chi connectivity index (χ2v) is 5.96. The van der Waals surface area contributed by atoms with E-state index < -0.39 is 0 Å². The van der Waals surface area contributed by atoms with Gasteiger partial charge in [0.2, 0.25) is 17.6 Å². The normalized spacial score (nSPS) is 10.7. The summed E-state index contributed by atoms with van der Waals surface area (Å²) in [6, 6.07) is 11.1. The van der Waals surface area contributed by atoms with Crippen molar-refractivity contribution in [2.75, 3.05) is 5.32 Å². The van der Waals surface area contributed by atoms with Crippen molar-refractivity contribution < 1.29 is 13.7 Å². The summed E-state index contributed by atoms with van der Waals surface area (Å²) >= 11 is 5.90. The summed E-state index contributed by atoms with van der Waals surface area (Å²) in [5.41, 5.74) is 2.25. The van der Waals surface area contributed by atoms with Crippen molar-refractivity contribution in [1.29, 1.82) is 0 Å². The van der Waals surface area contributed by atoms with Crippen LogP contribution in [0.1, 0.15) is 17.9 Å². The van der Waals surface area contributed by atoms with E-state index >= 15 is 0 Å². The molecule has 2 aromatic carbocycles. The van der Waals surface area contributed by atoms with Gasteiger partial charge in [-0.1, -0.05) is 16.8 Å². The molecule has 0 atom stereocenters. The Morgan fingerprint density at radius 2 is 2.00 bits per heavy atom. The minimum Gasteiger partial charge on any atom is -0.339 e. The summed E-state index contributed by atoms with van der Waals surface area (Å²) in [6.45, 7) is 1.87. The van der Waals surface area contributed by atoms with Gasteiger partial charge in [-0.25, -0.2) is 4.39 Å². The van der Waals surface area contributed by atoms with Gasteiger partial charge >= 0.3 is 0 Å². The average Bonchev–Trinajstić information content (AvgIpc) is 3.05. The largest absolute Gasteiger partial charge is 0.339 e. The number of anilines is 1. The third kappa shape index (κ3) is 4.42. The Morgan fingerprint density at radius 1 is 1.24 bits per heavy atom. The van der Waals surface area contributed by atoms with Crippen molar-refractivity contribution in [2.24, 2.45) is 0 Å². The zero-order valence-electron chi connectivity index (χ0n) is 13.4. The minimum absolute atomic E-state index is 0.160. The molecule has 0 saturated carbocycles. The van der Waals surface area contributed by atoms with Gasteiger partial charge in [0.15, 0.2) is 0 Å². The van der Waals surface area contributed by atoms with Gasteiger partial charge < -0.3 is 9.84 Å². The number of carbonyl (C=O) groups is 1. The Hall–Kier alpha value is -2.73. The lowest BCUT2D eigenvalue weighted by Crippen LogP contribution is -2.13. The summed E-state index contributed by atoms with van der Waals surface area (Å²) < 4.78 is 18.1. The first-order valence-corrected chi connectivity index (χ1v) is 8.03. The lowest BCUT2D eigenvalue weighted by atomic mass is 10.2. The highest BCUT2D eigenvalue weighted by Crippen LogP contribution is 2.20. The van der Waals surface area contributed by atoms with Gasteiger partial charge in [-0.15, -0.1) is 0 Å². The third-order valence-corrected chi connectivity index (χ3v) is 3.83. The number of carbonyl (C=O) groups excluding carboxylic acids is 1. The molecule has 0 aliphatic rings. The van der Waals surface area contributed by atoms with Crippen LogP contribution in [0.3, 0.4) is 0 Å². The zero-order valence-corrected chi connectivity index (χ0v) is 14.2. The summed E-state index contributed by atoms with van der Waals surface area (Å²) in [5.74, 6) is 0.222. The van der Waals surface area contributed by atoms with Crippen LogP contribution in [0.4, 0.5) is 10.1 Å². The molecule has 1 amide bonds. The van der Waals surface area contributed by atoms with E-state index in [1.807, 2.05) is 6.92 Å². The zero-order chi connectivity index (χ0) is 17.8. The molecule has 0 bridgehead atoms. The molecule has 0 unspecified atom stereocenters. The molecule has 1 aromatic heterocycles. The van der Waals surface area contributed by atoms with Crippen LogP contribution in [0.15, 0.2) is 47.0 Å². The van der Waals surface area contributed by atoms with E-state index in [0.29, 0.717) is 34.4 Å². The molecular formula is C18H15ClFN3O2. The van der Waals surface area contributed by atoms with Crippen LogP contribution in [0.5, 0.6) is 0 Å². The topological polar surface area (TPSA) is 68.0 Å². The fourth-order valence-electron chi connectivity index (χ4n) is 2.27. The average molecular weight is 360 g/mol. The monoisotopic (exact) mass is 359 g/mol. The number of hydrogen-bond acceptors (Lipinski definition) is 4. The van der Waals surface area contributed by atoms with Crippen LogP contribution in [0.25, 0.3) is 11.4 Å². The van der Waals surface area contributed by atoms with Gasteiger partial charge in [0.05, 0.1) is 0 Å². The van der Waals surface area contributed by atoms with E-state index in [1.54, 1.807) is 30.3 Å². The molecule has 0 saturated heterocycles. The molecule has 7 heteroatoms. The SMILES string of the molecule is Cc1cc(Cl)ccc1NC(=O)CCc1nc(-c2ccc(F)cc2)no1. The Morgan fingerprint density at radius 3 is 2.72 bits per heavy atom. The lowest BCUT2D eigenvalue weighted by molar-refractivity contribution is -0.116. The first-order chi connectivity index (χ1) is 12.0. The van der Waals surface area contributed by atoms with Crippen molar-refractivity contribution >= 4 is 23.2 Å². The number of nitrogens with zero attached hydrogens (tertiary/aromatic N) is 2. The number of amides is 1. The van der Waals surface area contributed by atoms with Crippen LogP contribution in [0, 0.1) is 12.7 Å². The van der Waals surface area contributed by atoms with E-state index in [1.165, 1.54) is 12.1 Å². The maximum Gasteiger partial charge on any atom is 0.227 e. The van der Waals surface area contributed by atoms with Crippen LogP contribution in [-0.2, 0) is 11.2 Å². The molecule has 128 valence electrons. The minimum atomic E-state index is -0.332. The van der Waals surface area contributed by atoms with Crippen molar-refractivity contribution in [1.82, 2.24) is 10.1 Å². The second kappa shape index (κ2) is 7.44. The Labute approximate surface area is 148 Å². The van der Waals surface area contributed by atoms with Gasteiger partial charge in [-0.05, 0) is 55.0 Å². The van der Waals surface area contributed by atoms with Gasteiger partial charge in [0.1, 0.15) is 5.82 Å². The molecule has 25 heavy (non-hydrogen) atoms. The number of hydrogen-bond donors (Lipinski definition) is 1. The molecule has 0 aliphatic carbocycles.